The minimum Gasteiger partial charge on any atom is -0.481 e. The van der Waals surface area contributed by atoms with Crippen LogP contribution in [0.25, 0.3) is 0 Å². The van der Waals surface area contributed by atoms with E-state index in [-0.39, 0.29) is 17.7 Å². The number of hydrogen-bond donors (Lipinski definition) is 2. The average Bonchev–Trinajstić information content (AvgIpc) is 2.96. The Hall–Kier alpha value is -1.24. The third-order valence-corrected chi connectivity index (χ3v) is 4.70. The van der Waals surface area contributed by atoms with Crippen molar-refractivity contribution in [2.24, 2.45) is 5.41 Å². The average molecular weight is 286 g/mol. The van der Waals surface area contributed by atoms with Crippen LogP contribution in [0.2, 0.25) is 0 Å². The van der Waals surface area contributed by atoms with Crippen molar-refractivity contribution in [1.82, 2.24) is 10.2 Å². The Kier molecular flexibility index (Phi) is 4.03. The van der Waals surface area contributed by atoms with Crippen molar-refractivity contribution in [3.63, 3.8) is 0 Å². The molecule has 2 amide bonds. The molecule has 7 heteroatoms. The molecule has 2 aliphatic heterocycles. The molecular weight excluding hydrogens is 268 g/mol. The second-order valence-corrected chi connectivity index (χ2v) is 6.13. The summed E-state index contributed by atoms with van der Waals surface area (Å²) in [7, 11) is 0. The highest BCUT2D eigenvalue weighted by Crippen LogP contribution is 2.36. The first-order valence-corrected chi connectivity index (χ1v) is 7.42. The van der Waals surface area contributed by atoms with Gasteiger partial charge in [0.25, 0.3) is 5.24 Å². The van der Waals surface area contributed by atoms with E-state index in [0.717, 1.165) is 18.2 Å². The number of nitrogens with one attached hydrogen (secondary N) is 1. The van der Waals surface area contributed by atoms with Crippen LogP contribution in [0, 0.1) is 5.41 Å². The van der Waals surface area contributed by atoms with Crippen LogP contribution in [0.15, 0.2) is 0 Å². The van der Waals surface area contributed by atoms with Gasteiger partial charge in [0.1, 0.15) is 6.04 Å². The molecule has 2 aliphatic rings. The van der Waals surface area contributed by atoms with Crippen LogP contribution in [0.4, 0.5) is 4.79 Å². The number of thioether (sulfide) groups is 1. The highest BCUT2D eigenvalue weighted by molar-refractivity contribution is 8.14. The minimum absolute atomic E-state index is 0.155. The van der Waals surface area contributed by atoms with Crippen LogP contribution in [0.1, 0.15) is 26.2 Å². The number of carbonyl (C=O) groups excluding carboxylic acids is 2. The van der Waals surface area contributed by atoms with Gasteiger partial charge in [0.2, 0.25) is 5.91 Å². The van der Waals surface area contributed by atoms with Crippen LogP contribution in [0.3, 0.4) is 0 Å². The summed E-state index contributed by atoms with van der Waals surface area (Å²) in [6, 6.07) is -0.497. The van der Waals surface area contributed by atoms with Gasteiger partial charge < -0.3 is 15.3 Å². The van der Waals surface area contributed by atoms with Gasteiger partial charge in [0.15, 0.2) is 0 Å². The number of carboxylic acid groups (broad SMARTS) is 1. The van der Waals surface area contributed by atoms with E-state index in [9.17, 15) is 19.5 Å². The molecule has 0 aromatic carbocycles. The Labute approximate surface area is 115 Å². The van der Waals surface area contributed by atoms with Gasteiger partial charge in [-0.15, -0.1) is 0 Å². The molecule has 2 saturated heterocycles. The molecule has 0 bridgehead atoms. The molecule has 0 radical (unpaired) electrons. The van der Waals surface area contributed by atoms with Crippen LogP contribution < -0.4 is 5.32 Å². The minimum atomic E-state index is -0.825. The predicted molar refractivity (Wildman–Crippen MR) is 71.0 cm³/mol. The Morgan fingerprint density at radius 1 is 1.58 bits per heavy atom. The molecule has 0 saturated carbocycles. The van der Waals surface area contributed by atoms with Gasteiger partial charge in [0.05, 0.1) is 5.41 Å². The lowest BCUT2D eigenvalue weighted by Gasteiger charge is -2.25. The number of hydrogen-bond acceptors (Lipinski definition) is 4. The van der Waals surface area contributed by atoms with Crippen LogP contribution in [-0.2, 0) is 9.59 Å². The molecule has 0 aromatic rings. The van der Waals surface area contributed by atoms with Crippen molar-refractivity contribution in [3.05, 3.63) is 0 Å². The van der Waals surface area contributed by atoms with E-state index < -0.39 is 17.4 Å². The van der Waals surface area contributed by atoms with E-state index >= 15 is 0 Å². The SMILES string of the molecule is CCCC1(C(=O)O)CCN(C(=O)C2CSC(=O)N2)C1. The fourth-order valence-electron chi connectivity index (χ4n) is 2.76. The first kappa shape index (κ1) is 14.2. The molecule has 6 nitrogen and oxygen atoms in total. The summed E-state index contributed by atoms with van der Waals surface area (Å²) in [6.45, 7) is 2.66. The number of likely N-dealkylation sites (tertiary alicyclic amines) is 1. The van der Waals surface area contributed by atoms with E-state index in [4.69, 9.17) is 0 Å². The lowest BCUT2D eigenvalue weighted by Crippen LogP contribution is -2.46. The van der Waals surface area contributed by atoms with Crippen molar-refractivity contribution in [2.75, 3.05) is 18.8 Å². The molecule has 106 valence electrons. The lowest BCUT2D eigenvalue weighted by atomic mass is 9.83. The van der Waals surface area contributed by atoms with Crippen LogP contribution in [0.5, 0.6) is 0 Å². The molecule has 2 heterocycles. The number of aliphatic carboxylic acids is 1. The van der Waals surface area contributed by atoms with Crippen molar-refractivity contribution < 1.29 is 19.5 Å². The molecule has 19 heavy (non-hydrogen) atoms. The summed E-state index contributed by atoms with van der Waals surface area (Å²) in [5, 5.41) is 11.8. The first-order valence-electron chi connectivity index (χ1n) is 6.44. The molecule has 0 aromatic heterocycles. The zero-order valence-corrected chi connectivity index (χ0v) is 11.7. The van der Waals surface area contributed by atoms with Gasteiger partial charge >= 0.3 is 5.97 Å². The van der Waals surface area contributed by atoms with Crippen LogP contribution >= 0.6 is 11.8 Å². The molecule has 2 unspecified atom stereocenters. The summed E-state index contributed by atoms with van der Waals surface area (Å²) in [5.41, 5.74) is -0.805. The molecule has 2 fully saturated rings. The second-order valence-electron chi connectivity index (χ2n) is 5.14. The molecule has 0 aliphatic carbocycles. The fourth-order valence-corrected chi connectivity index (χ4v) is 3.53. The Balaban J connectivity index is 2.02. The van der Waals surface area contributed by atoms with Crippen molar-refractivity contribution in [3.8, 4) is 0 Å². The quantitative estimate of drug-likeness (QED) is 0.802. The number of carboxylic acids is 1. The monoisotopic (exact) mass is 286 g/mol. The van der Waals surface area contributed by atoms with E-state index in [1.807, 2.05) is 6.92 Å². The van der Waals surface area contributed by atoms with Gasteiger partial charge in [-0.05, 0) is 12.8 Å². The first-order chi connectivity index (χ1) is 8.98. The zero-order chi connectivity index (χ0) is 14.0. The molecule has 2 rings (SSSR count). The third kappa shape index (κ3) is 2.70. The highest BCUT2D eigenvalue weighted by atomic mass is 32.2. The molecular formula is C12H18N2O4S. The van der Waals surface area contributed by atoms with Gasteiger partial charge in [-0.2, -0.15) is 0 Å². The highest BCUT2D eigenvalue weighted by Gasteiger charge is 2.46. The predicted octanol–water partition coefficient (Wildman–Crippen LogP) is 0.915. The topological polar surface area (TPSA) is 86.7 Å². The summed E-state index contributed by atoms with van der Waals surface area (Å²) < 4.78 is 0. The second kappa shape index (κ2) is 5.40. The maximum Gasteiger partial charge on any atom is 0.311 e. The third-order valence-electron chi connectivity index (χ3n) is 3.82. The molecule has 2 atom stereocenters. The van der Waals surface area contributed by atoms with Gasteiger partial charge in [0, 0.05) is 18.8 Å². The van der Waals surface area contributed by atoms with Crippen molar-refractivity contribution >= 4 is 28.9 Å². The summed E-state index contributed by atoms with van der Waals surface area (Å²) in [5.74, 6) is -0.547. The van der Waals surface area contributed by atoms with E-state index in [1.165, 1.54) is 0 Å². The van der Waals surface area contributed by atoms with Crippen molar-refractivity contribution in [2.45, 2.75) is 32.2 Å². The van der Waals surface area contributed by atoms with Crippen molar-refractivity contribution in [1.29, 1.82) is 0 Å². The fraction of sp³-hybridized carbons (Fsp3) is 0.750. The molecule has 2 N–H and O–H groups in total. The number of carbonyl (C=O) groups is 3. The van der Waals surface area contributed by atoms with Gasteiger partial charge in [-0.1, -0.05) is 25.1 Å². The summed E-state index contributed by atoms with van der Waals surface area (Å²) in [4.78, 5) is 36.3. The van der Waals surface area contributed by atoms with E-state index in [2.05, 4.69) is 5.32 Å². The lowest BCUT2D eigenvalue weighted by molar-refractivity contribution is -0.149. The number of nitrogens with zero attached hydrogens (tertiary/aromatic N) is 1. The Morgan fingerprint density at radius 2 is 2.32 bits per heavy atom. The zero-order valence-electron chi connectivity index (χ0n) is 10.8. The Bertz CT molecular complexity index is 415. The summed E-state index contributed by atoms with van der Waals surface area (Å²) >= 11 is 1.10. The molecule has 0 spiro atoms. The van der Waals surface area contributed by atoms with E-state index in [1.54, 1.807) is 4.90 Å². The number of rotatable bonds is 4. The van der Waals surface area contributed by atoms with Gasteiger partial charge in [-0.25, -0.2) is 0 Å². The Morgan fingerprint density at radius 3 is 2.84 bits per heavy atom. The largest absolute Gasteiger partial charge is 0.481 e. The summed E-state index contributed by atoms with van der Waals surface area (Å²) in [6.07, 6.45) is 1.86. The normalized spacial score (nSPS) is 30.5. The number of amides is 2. The standard InChI is InChI=1S/C12H18N2O4S/c1-2-3-12(10(16)17)4-5-14(7-12)9(15)8-6-19-11(18)13-8/h8H,2-7H2,1H3,(H,13,18)(H,16,17). The van der Waals surface area contributed by atoms with Gasteiger partial charge in [-0.3, -0.25) is 14.4 Å². The maximum absolute atomic E-state index is 12.2. The van der Waals surface area contributed by atoms with E-state index in [0.29, 0.717) is 25.1 Å². The van der Waals surface area contributed by atoms with Crippen LogP contribution in [-0.4, -0.2) is 52.0 Å². The smallest absolute Gasteiger partial charge is 0.311 e. The maximum atomic E-state index is 12.2.